The number of benzene rings is 1. The van der Waals surface area contributed by atoms with E-state index in [0.29, 0.717) is 32.7 Å². The van der Waals surface area contributed by atoms with E-state index in [-0.39, 0.29) is 42.6 Å². The van der Waals surface area contributed by atoms with E-state index in [4.69, 9.17) is 4.74 Å². The molecule has 2 amide bonds. The largest absolute Gasteiger partial charge is 0.378 e. The lowest BCUT2D eigenvalue weighted by Gasteiger charge is -2.26. The minimum absolute atomic E-state index is 0. The molecule has 0 aromatic heterocycles. The molecule has 1 atom stereocenters. The number of carbonyl (C=O) groups is 2. The molecule has 1 aromatic rings. The summed E-state index contributed by atoms with van der Waals surface area (Å²) < 4.78 is 18.2. The highest BCUT2D eigenvalue weighted by atomic mass is 35.5. The summed E-state index contributed by atoms with van der Waals surface area (Å²) in [4.78, 5) is 25.9. The molecule has 0 saturated carbocycles. The van der Waals surface area contributed by atoms with Gasteiger partial charge in [0.25, 0.3) is 0 Å². The second-order valence-electron chi connectivity index (χ2n) is 5.74. The standard InChI is InChI=1S/C17H24FN3O3.ClH/c1-2-21(17(23)9-15-12-24-8-7-19-15)11-16(22)20-10-13-3-5-14(18)6-4-13;/h3-6,15,19H,2,7-12H2,1H3,(H,20,22);1H. The van der Waals surface area contributed by atoms with E-state index in [9.17, 15) is 14.0 Å². The smallest absolute Gasteiger partial charge is 0.239 e. The number of nitrogens with one attached hydrogen (secondary N) is 2. The van der Waals surface area contributed by atoms with Gasteiger partial charge >= 0.3 is 0 Å². The van der Waals surface area contributed by atoms with E-state index >= 15 is 0 Å². The van der Waals surface area contributed by atoms with Crippen LogP contribution in [-0.2, 0) is 20.9 Å². The average molecular weight is 374 g/mol. The number of halogens is 2. The molecule has 1 aliphatic heterocycles. The van der Waals surface area contributed by atoms with E-state index in [2.05, 4.69) is 10.6 Å². The monoisotopic (exact) mass is 373 g/mol. The highest BCUT2D eigenvalue weighted by Crippen LogP contribution is 2.04. The van der Waals surface area contributed by atoms with Crippen molar-refractivity contribution in [2.45, 2.75) is 25.9 Å². The van der Waals surface area contributed by atoms with Crippen LogP contribution in [0.2, 0.25) is 0 Å². The summed E-state index contributed by atoms with van der Waals surface area (Å²) in [7, 11) is 0. The zero-order chi connectivity index (χ0) is 17.4. The fraction of sp³-hybridized carbons (Fsp3) is 0.529. The van der Waals surface area contributed by atoms with Crippen molar-refractivity contribution in [2.75, 3.05) is 32.8 Å². The zero-order valence-corrected chi connectivity index (χ0v) is 15.1. The first-order valence-electron chi connectivity index (χ1n) is 8.18. The van der Waals surface area contributed by atoms with Crippen molar-refractivity contribution in [3.8, 4) is 0 Å². The lowest BCUT2D eigenvalue weighted by Crippen LogP contribution is -2.47. The average Bonchev–Trinajstić information content (AvgIpc) is 2.60. The number of amides is 2. The minimum atomic E-state index is -0.312. The Bertz CT molecular complexity index is 551. The maximum Gasteiger partial charge on any atom is 0.239 e. The fourth-order valence-corrected chi connectivity index (χ4v) is 2.50. The molecular formula is C17H25ClFN3O3. The van der Waals surface area contributed by atoms with E-state index in [0.717, 1.165) is 12.1 Å². The van der Waals surface area contributed by atoms with E-state index in [1.165, 1.54) is 17.0 Å². The van der Waals surface area contributed by atoms with Gasteiger partial charge in [-0.1, -0.05) is 12.1 Å². The molecular weight excluding hydrogens is 349 g/mol. The summed E-state index contributed by atoms with van der Waals surface area (Å²) in [6.45, 7) is 4.55. The van der Waals surface area contributed by atoms with Crippen LogP contribution in [0.4, 0.5) is 4.39 Å². The number of nitrogens with zero attached hydrogens (tertiary/aromatic N) is 1. The van der Waals surface area contributed by atoms with Gasteiger partial charge in [0.1, 0.15) is 5.82 Å². The van der Waals surface area contributed by atoms with Crippen molar-refractivity contribution in [2.24, 2.45) is 0 Å². The first-order chi connectivity index (χ1) is 11.6. The summed E-state index contributed by atoms with van der Waals surface area (Å²) in [5, 5.41) is 5.98. The first-order valence-corrected chi connectivity index (χ1v) is 8.18. The molecule has 1 aliphatic rings. The lowest BCUT2D eigenvalue weighted by molar-refractivity contribution is -0.136. The molecule has 8 heteroatoms. The number of carbonyl (C=O) groups excluding carboxylic acids is 2. The number of hydrogen-bond acceptors (Lipinski definition) is 4. The van der Waals surface area contributed by atoms with Crippen LogP contribution in [0.25, 0.3) is 0 Å². The minimum Gasteiger partial charge on any atom is -0.378 e. The summed E-state index contributed by atoms with van der Waals surface area (Å²) in [6.07, 6.45) is 0.319. The molecule has 2 N–H and O–H groups in total. The van der Waals surface area contributed by atoms with Gasteiger partial charge in [-0.3, -0.25) is 9.59 Å². The maximum atomic E-state index is 12.8. The Kier molecular flexibility index (Phi) is 9.41. The maximum absolute atomic E-state index is 12.8. The lowest BCUT2D eigenvalue weighted by atomic mass is 10.1. The molecule has 6 nitrogen and oxygen atoms in total. The normalized spacial score (nSPS) is 16.6. The zero-order valence-electron chi connectivity index (χ0n) is 14.3. The van der Waals surface area contributed by atoms with Crippen LogP contribution < -0.4 is 10.6 Å². The van der Waals surface area contributed by atoms with Crippen LogP contribution >= 0.6 is 12.4 Å². The SMILES string of the molecule is CCN(CC(=O)NCc1ccc(F)cc1)C(=O)CC1COCCN1.Cl. The van der Waals surface area contributed by atoms with Crippen molar-refractivity contribution in [3.63, 3.8) is 0 Å². The van der Waals surface area contributed by atoms with E-state index < -0.39 is 0 Å². The predicted molar refractivity (Wildman–Crippen MR) is 95.0 cm³/mol. The molecule has 0 bridgehead atoms. The molecule has 0 radical (unpaired) electrons. The van der Waals surface area contributed by atoms with E-state index in [1.807, 2.05) is 6.92 Å². The first kappa shape index (κ1) is 21.3. The molecule has 1 unspecified atom stereocenters. The Morgan fingerprint density at radius 3 is 2.68 bits per heavy atom. The van der Waals surface area contributed by atoms with Crippen molar-refractivity contribution in [3.05, 3.63) is 35.6 Å². The molecule has 140 valence electrons. The molecule has 0 aliphatic carbocycles. The second kappa shape index (κ2) is 11.0. The van der Waals surface area contributed by atoms with Crippen LogP contribution in [0.1, 0.15) is 18.9 Å². The highest BCUT2D eigenvalue weighted by Gasteiger charge is 2.21. The molecule has 25 heavy (non-hydrogen) atoms. The van der Waals surface area contributed by atoms with Gasteiger partial charge in [-0.05, 0) is 24.6 Å². The summed E-state index contributed by atoms with van der Waals surface area (Å²) in [5.74, 6) is -0.618. The van der Waals surface area contributed by atoms with Gasteiger partial charge < -0.3 is 20.3 Å². The highest BCUT2D eigenvalue weighted by molar-refractivity contribution is 5.85. The Morgan fingerprint density at radius 2 is 2.08 bits per heavy atom. The Balaban J connectivity index is 0.00000312. The van der Waals surface area contributed by atoms with E-state index in [1.54, 1.807) is 12.1 Å². The van der Waals surface area contributed by atoms with Gasteiger partial charge in [0, 0.05) is 32.1 Å². The molecule has 1 saturated heterocycles. The fourth-order valence-electron chi connectivity index (χ4n) is 2.50. The van der Waals surface area contributed by atoms with Crippen molar-refractivity contribution >= 4 is 24.2 Å². The van der Waals surface area contributed by atoms with Crippen LogP contribution in [0, 0.1) is 5.82 Å². The summed E-state index contributed by atoms with van der Waals surface area (Å²) >= 11 is 0. The number of ether oxygens (including phenoxy) is 1. The Morgan fingerprint density at radius 1 is 1.36 bits per heavy atom. The molecule has 0 spiro atoms. The summed E-state index contributed by atoms with van der Waals surface area (Å²) in [5.41, 5.74) is 0.808. The topological polar surface area (TPSA) is 70.7 Å². The van der Waals surface area contributed by atoms with Crippen molar-refractivity contribution < 1.29 is 18.7 Å². The van der Waals surface area contributed by atoms with Gasteiger partial charge in [-0.15, -0.1) is 12.4 Å². The number of rotatable bonds is 7. The van der Waals surface area contributed by atoms with Crippen LogP contribution in [0.5, 0.6) is 0 Å². The third kappa shape index (κ3) is 7.37. The quantitative estimate of drug-likeness (QED) is 0.750. The summed E-state index contributed by atoms with van der Waals surface area (Å²) in [6, 6.07) is 5.94. The Hall–Kier alpha value is -1.70. The van der Waals surface area contributed by atoms with Crippen molar-refractivity contribution in [1.82, 2.24) is 15.5 Å². The number of hydrogen-bond donors (Lipinski definition) is 2. The molecule has 2 rings (SSSR count). The van der Waals surface area contributed by atoms with Gasteiger partial charge in [0.2, 0.25) is 11.8 Å². The van der Waals surface area contributed by atoms with Crippen molar-refractivity contribution in [1.29, 1.82) is 0 Å². The van der Waals surface area contributed by atoms with Crippen LogP contribution in [0.3, 0.4) is 0 Å². The third-order valence-electron chi connectivity index (χ3n) is 3.89. The Labute approximate surface area is 153 Å². The molecule has 1 heterocycles. The molecule has 1 aromatic carbocycles. The van der Waals surface area contributed by atoms with Gasteiger partial charge in [0.15, 0.2) is 0 Å². The number of morpholine rings is 1. The third-order valence-corrected chi connectivity index (χ3v) is 3.89. The van der Waals surface area contributed by atoms with Crippen LogP contribution in [-0.4, -0.2) is 55.6 Å². The second-order valence-corrected chi connectivity index (χ2v) is 5.74. The molecule has 1 fully saturated rings. The van der Waals surface area contributed by atoms with Gasteiger partial charge in [-0.25, -0.2) is 4.39 Å². The van der Waals surface area contributed by atoms with Gasteiger partial charge in [-0.2, -0.15) is 0 Å². The number of likely N-dealkylation sites (N-methyl/N-ethyl adjacent to an activating group) is 1. The van der Waals surface area contributed by atoms with Crippen LogP contribution in [0.15, 0.2) is 24.3 Å². The predicted octanol–water partition coefficient (Wildman–Crippen LogP) is 1.09. The van der Waals surface area contributed by atoms with Gasteiger partial charge in [0.05, 0.1) is 19.8 Å².